The molecule has 1 aliphatic heterocycles. The van der Waals surface area contributed by atoms with Gasteiger partial charge in [0.1, 0.15) is 11.3 Å². The Bertz CT molecular complexity index is 1140. The highest BCUT2D eigenvalue weighted by Gasteiger charge is 2.31. The lowest BCUT2D eigenvalue weighted by molar-refractivity contribution is 0.0484. The number of furan rings is 1. The number of halogens is 1. The Morgan fingerprint density at radius 1 is 1.19 bits per heavy atom. The van der Waals surface area contributed by atoms with E-state index in [-0.39, 0.29) is 36.0 Å². The van der Waals surface area contributed by atoms with Gasteiger partial charge in [0, 0.05) is 42.9 Å². The first-order valence-electron chi connectivity index (χ1n) is 10.2. The summed E-state index contributed by atoms with van der Waals surface area (Å²) < 4.78 is 19.3. The van der Waals surface area contributed by atoms with Crippen molar-refractivity contribution in [3.63, 3.8) is 0 Å². The first-order valence-corrected chi connectivity index (χ1v) is 10.2. The number of piperazine rings is 1. The van der Waals surface area contributed by atoms with Gasteiger partial charge in [0.25, 0.3) is 5.91 Å². The van der Waals surface area contributed by atoms with Crippen LogP contribution in [0.3, 0.4) is 0 Å². The van der Waals surface area contributed by atoms with E-state index < -0.39 is 6.09 Å². The summed E-state index contributed by atoms with van der Waals surface area (Å²) in [5, 5.41) is 9.24. The van der Waals surface area contributed by atoms with Crippen molar-refractivity contribution in [2.24, 2.45) is 0 Å². The lowest BCUT2D eigenvalue weighted by Gasteiger charge is -2.37. The number of carboxylic acid groups (broad SMARTS) is 1. The fourth-order valence-electron chi connectivity index (χ4n) is 3.93. The average molecular weight is 425 g/mol. The Labute approximate surface area is 179 Å². The van der Waals surface area contributed by atoms with E-state index in [1.807, 2.05) is 19.9 Å². The smallest absolute Gasteiger partial charge is 0.407 e. The largest absolute Gasteiger partial charge is 0.465 e. The van der Waals surface area contributed by atoms with Crippen LogP contribution in [0.4, 0.5) is 9.18 Å². The minimum absolute atomic E-state index is 0.123. The minimum atomic E-state index is -0.984. The monoisotopic (exact) mass is 425 g/mol. The van der Waals surface area contributed by atoms with E-state index in [2.05, 4.69) is 4.98 Å². The zero-order valence-corrected chi connectivity index (χ0v) is 17.6. The van der Waals surface area contributed by atoms with Crippen LogP contribution < -0.4 is 0 Å². The molecule has 8 heteroatoms. The van der Waals surface area contributed by atoms with Gasteiger partial charge in [-0.15, -0.1) is 0 Å². The number of carbonyl (C=O) groups is 2. The molecule has 4 rings (SSSR count). The molecule has 1 N–H and O–H groups in total. The number of hydrogen-bond donors (Lipinski definition) is 1. The second-order valence-electron chi connectivity index (χ2n) is 8.16. The molecule has 0 radical (unpaired) electrons. The Morgan fingerprint density at radius 3 is 2.52 bits per heavy atom. The lowest BCUT2D eigenvalue weighted by atomic mass is 10.00. The maximum atomic E-state index is 13.3. The molecule has 0 bridgehead atoms. The molecular formula is C23H24FN3O4. The minimum Gasteiger partial charge on any atom is -0.465 e. The van der Waals surface area contributed by atoms with Crippen molar-refractivity contribution in [3.05, 3.63) is 53.5 Å². The summed E-state index contributed by atoms with van der Waals surface area (Å²) in [5.74, 6) is -0.301. The van der Waals surface area contributed by atoms with Gasteiger partial charge in [0.2, 0.25) is 0 Å². The molecule has 1 fully saturated rings. The van der Waals surface area contributed by atoms with Gasteiger partial charge in [-0.1, -0.05) is 13.8 Å². The average Bonchev–Trinajstić information content (AvgIpc) is 3.16. The van der Waals surface area contributed by atoms with Crippen LogP contribution in [0.2, 0.25) is 0 Å². The summed E-state index contributed by atoms with van der Waals surface area (Å²) in [6.07, 6.45) is -0.984. The third-order valence-corrected chi connectivity index (χ3v) is 5.64. The predicted octanol–water partition coefficient (Wildman–Crippen LogP) is 4.58. The predicted molar refractivity (Wildman–Crippen MR) is 114 cm³/mol. The van der Waals surface area contributed by atoms with Gasteiger partial charge in [0.15, 0.2) is 11.3 Å². The van der Waals surface area contributed by atoms with Crippen molar-refractivity contribution >= 4 is 23.1 Å². The number of fused-ring (bicyclic) bond motifs is 1. The zero-order valence-electron chi connectivity index (χ0n) is 17.6. The Hall–Kier alpha value is -3.42. The Balaban J connectivity index is 1.68. The van der Waals surface area contributed by atoms with Crippen LogP contribution in [0.25, 0.3) is 22.4 Å². The fourth-order valence-corrected chi connectivity index (χ4v) is 3.93. The number of benzene rings is 1. The fraction of sp³-hybridized carbons (Fsp3) is 0.348. The second-order valence-corrected chi connectivity index (χ2v) is 8.16. The highest BCUT2D eigenvalue weighted by atomic mass is 19.1. The van der Waals surface area contributed by atoms with Crippen LogP contribution in [0.5, 0.6) is 0 Å². The SMILES string of the molecule is CC(C)c1cc(-c2ccc(F)cc2)nc2cc(C(=O)N3CCN(C(=O)O)[C@@H](C)C3)oc12. The molecule has 3 aromatic rings. The summed E-state index contributed by atoms with van der Waals surface area (Å²) in [6, 6.07) is 9.36. The lowest BCUT2D eigenvalue weighted by Crippen LogP contribution is -2.55. The molecule has 2 amide bonds. The van der Waals surface area contributed by atoms with E-state index >= 15 is 0 Å². The van der Waals surface area contributed by atoms with Gasteiger partial charge in [-0.3, -0.25) is 4.79 Å². The van der Waals surface area contributed by atoms with Gasteiger partial charge < -0.3 is 19.3 Å². The number of rotatable bonds is 3. The van der Waals surface area contributed by atoms with Crippen LogP contribution in [-0.2, 0) is 0 Å². The van der Waals surface area contributed by atoms with Gasteiger partial charge >= 0.3 is 6.09 Å². The third-order valence-electron chi connectivity index (χ3n) is 5.64. The van der Waals surface area contributed by atoms with E-state index in [0.29, 0.717) is 29.9 Å². The number of pyridine rings is 1. The highest BCUT2D eigenvalue weighted by molar-refractivity contribution is 5.96. The third kappa shape index (κ3) is 3.97. The normalized spacial score (nSPS) is 16.9. The molecule has 7 nitrogen and oxygen atoms in total. The van der Waals surface area contributed by atoms with E-state index in [4.69, 9.17) is 4.42 Å². The summed E-state index contributed by atoms with van der Waals surface area (Å²) >= 11 is 0. The summed E-state index contributed by atoms with van der Waals surface area (Å²) in [4.78, 5) is 31.9. The number of carbonyl (C=O) groups excluding carboxylic acids is 1. The van der Waals surface area contributed by atoms with Crippen molar-refractivity contribution in [1.29, 1.82) is 0 Å². The Kier molecular flexibility index (Phi) is 5.39. The molecular weight excluding hydrogens is 401 g/mol. The maximum Gasteiger partial charge on any atom is 0.407 e. The number of nitrogens with zero attached hydrogens (tertiary/aromatic N) is 3. The molecule has 0 aliphatic carbocycles. The number of hydrogen-bond acceptors (Lipinski definition) is 4. The van der Waals surface area contributed by atoms with Crippen LogP contribution in [0, 0.1) is 5.82 Å². The number of aromatic nitrogens is 1. The number of amides is 2. The maximum absolute atomic E-state index is 13.3. The highest BCUT2D eigenvalue weighted by Crippen LogP contribution is 2.32. The van der Waals surface area contributed by atoms with Gasteiger partial charge in [0.05, 0.1) is 5.69 Å². The molecule has 1 aliphatic rings. The van der Waals surface area contributed by atoms with Gasteiger partial charge in [-0.25, -0.2) is 14.2 Å². The molecule has 0 saturated carbocycles. The molecule has 1 saturated heterocycles. The molecule has 0 unspecified atom stereocenters. The molecule has 3 heterocycles. The van der Waals surface area contributed by atoms with Crippen LogP contribution >= 0.6 is 0 Å². The van der Waals surface area contributed by atoms with Crippen molar-refractivity contribution in [3.8, 4) is 11.3 Å². The van der Waals surface area contributed by atoms with Gasteiger partial charge in [-0.05, 0) is 43.2 Å². The first kappa shape index (κ1) is 20.8. The quantitative estimate of drug-likeness (QED) is 0.664. The summed E-state index contributed by atoms with van der Waals surface area (Å²) in [6.45, 7) is 6.69. The molecule has 162 valence electrons. The molecule has 0 spiro atoms. The first-order chi connectivity index (χ1) is 14.7. The molecule has 1 atom stereocenters. The molecule has 2 aromatic heterocycles. The van der Waals surface area contributed by atoms with E-state index in [0.717, 1.165) is 11.1 Å². The summed E-state index contributed by atoms with van der Waals surface area (Å²) in [5.41, 5.74) is 3.48. The van der Waals surface area contributed by atoms with Crippen molar-refractivity contribution < 1.29 is 23.5 Å². The van der Waals surface area contributed by atoms with E-state index in [1.54, 1.807) is 30.0 Å². The van der Waals surface area contributed by atoms with Crippen molar-refractivity contribution in [1.82, 2.24) is 14.8 Å². The van der Waals surface area contributed by atoms with Gasteiger partial charge in [-0.2, -0.15) is 0 Å². The molecule has 31 heavy (non-hydrogen) atoms. The van der Waals surface area contributed by atoms with E-state index in [1.165, 1.54) is 17.0 Å². The van der Waals surface area contributed by atoms with Crippen LogP contribution in [0.1, 0.15) is 42.8 Å². The standard InChI is InChI=1S/C23H24FN3O4/c1-13(2)17-10-18(15-4-6-16(24)7-5-15)25-19-11-20(31-21(17)19)22(28)26-8-9-27(23(29)30)14(3)12-26/h4-7,10-11,13-14H,8-9,12H2,1-3H3,(H,29,30)/t14-/m0/s1. The van der Waals surface area contributed by atoms with Crippen molar-refractivity contribution in [2.45, 2.75) is 32.7 Å². The molecule has 1 aromatic carbocycles. The second kappa shape index (κ2) is 8.02. The zero-order chi connectivity index (χ0) is 22.3. The topological polar surface area (TPSA) is 86.9 Å². The van der Waals surface area contributed by atoms with Crippen LogP contribution in [-0.4, -0.2) is 57.6 Å². The van der Waals surface area contributed by atoms with E-state index in [9.17, 15) is 19.1 Å². The summed E-state index contributed by atoms with van der Waals surface area (Å²) in [7, 11) is 0. The van der Waals surface area contributed by atoms with Crippen molar-refractivity contribution in [2.75, 3.05) is 19.6 Å². The van der Waals surface area contributed by atoms with Crippen LogP contribution in [0.15, 0.2) is 40.8 Å². The Morgan fingerprint density at radius 2 is 1.90 bits per heavy atom.